The highest BCUT2D eigenvalue weighted by Crippen LogP contribution is 2.33. The standard InChI is InChI=1S/C20H16F3N7S/c1-10-11(21)3-2-4-15(10)31-30-13-6-5-12(22)18(17(13)23)28-20-19-14(25-9-26-20)7-8-16(27-19)29-24/h2-9,30H,24H2,1H3,(H,27,29)(H,25,26,28). The minimum Gasteiger partial charge on any atom is -0.333 e. The van der Waals surface area contributed by atoms with Gasteiger partial charge in [-0.1, -0.05) is 6.07 Å². The van der Waals surface area contributed by atoms with Gasteiger partial charge in [-0.3, -0.25) is 0 Å². The van der Waals surface area contributed by atoms with Crippen LogP contribution in [-0.2, 0) is 0 Å². The summed E-state index contributed by atoms with van der Waals surface area (Å²) in [6.45, 7) is 1.62. The number of rotatable bonds is 6. The van der Waals surface area contributed by atoms with Gasteiger partial charge in [0.1, 0.15) is 35.0 Å². The van der Waals surface area contributed by atoms with Crippen molar-refractivity contribution in [1.29, 1.82) is 0 Å². The van der Waals surface area contributed by atoms with Gasteiger partial charge in [-0.15, -0.1) is 0 Å². The summed E-state index contributed by atoms with van der Waals surface area (Å²) in [6, 6.07) is 10.2. The molecule has 0 amide bonds. The highest BCUT2D eigenvalue weighted by Gasteiger charge is 2.17. The van der Waals surface area contributed by atoms with E-state index >= 15 is 4.39 Å². The van der Waals surface area contributed by atoms with E-state index in [1.807, 2.05) is 0 Å². The number of nitrogens with zero attached hydrogens (tertiary/aromatic N) is 3. The first kappa shape index (κ1) is 20.7. The number of nitrogen functional groups attached to an aromatic ring is 1. The van der Waals surface area contributed by atoms with Crippen LogP contribution in [-0.4, -0.2) is 15.0 Å². The minimum atomic E-state index is -0.874. The molecule has 0 atom stereocenters. The molecule has 5 N–H and O–H groups in total. The number of aromatic nitrogens is 3. The Morgan fingerprint density at radius 2 is 1.81 bits per heavy atom. The molecule has 0 fully saturated rings. The van der Waals surface area contributed by atoms with E-state index < -0.39 is 17.3 Å². The van der Waals surface area contributed by atoms with Crippen LogP contribution in [0.1, 0.15) is 5.56 Å². The average Bonchev–Trinajstić information content (AvgIpc) is 2.78. The lowest BCUT2D eigenvalue weighted by molar-refractivity contribution is 0.593. The number of anilines is 4. The fourth-order valence-corrected chi connectivity index (χ4v) is 3.56. The lowest BCUT2D eigenvalue weighted by Gasteiger charge is -2.14. The van der Waals surface area contributed by atoms with Crippen molar-refractivity contribution in [2.75, 3.05) is 15.5 Å². The normalized spacial score (nSPS) is 10.9. The smallest absolute Gasteiger partial charge is 0.173 e. The summed E-state index contributed by atoms with van der Waals surface area (Å²) in [5, 5.41) is 2.65. The third-order valence-electron chi connectivity index (χ3n) is 4.45. The van der Waals surface area contributed by atoms with E-state index in [4.69, 9.17) is 5.84 Å². The molecule has 0 aliphatic carbocycles. The summed E-state index contributed by atoms with van der Waals surface area (Å²) in [4.78, 5) is 13.0. The summed E-state index contributed by atoms with van der Waals surface area (Å²) < 4.78 is 46.1. The van der Waals surface area contributed by atoms with Crippen molar-refractivity contribution in [3.63, 3.8) is 0 Å². The monoisotopic (exact) mass is 443 g/mol. The number of nitrogens with two attached hydrogens (primary N) is 1. The number of hydrogen-bond donors (Lipinski definition) is 4. The first-order valence-corrected chi connectivity index (χ1v) is 9.81. The lowest BCUT2D eigenvalue weighted by atomic mass is 10.2. The van der Waals surface area contributed by atoms with Gasteiger partial charge in [0.2, 0.25) is 0 Å². The number of benzene rings is 2. The molecular formula is C20H16F3N7S. The number of fused-ring (bicyclic) bond motifs is 1. The third-order valence-corrected chi connectivity index (χ3v) is 5.44. The highest BCUT2D eigenvalue weighted by molar-refractivity contribution is 8.00. The maximum atomic E-state index is 15.1. The zero-order valence-corrected chi connectivity index (χ0v) is 16.9. The Bertz CT molecular complexity index is 1270. The van der Waals surface area contributed by atoms with Gasteiger partial charge in [0, 0.05) is 10.5 Å². The molecule has 0 aliphatic heterocycles. The van der Waals surface area contributed by atoms with E-state index in [0.717, 1.165) is 18.0 Å². The van der Waals surface area contributed by atoms with Gasteiger partial charge in [-0.2, -0.15) is 0 Å². The van der Waals surface area contributed by atoms with Gasteiger partial charge in [0.15, 0.2) is 11.6 Å². The van der Waals surface area contributed by atoms with Crippen LogP contribution in [0.15, 0.2) is 53.7 Å². The van der Waals surface area contributed by atoms with Gasteiger partial charge in [0.05, 0.1) is 11.2 Å². The molecule has 0 spiro atoms. The number of nitrogens with one attached hydrogen (secondary N) is 3. The first-order valence-electron chi connectivity index (χ1n) is 8.99. The van der Waals surface area contributed by atoms with E-state index in [0.29, 0.717) is 21.8 Å². The fraction of sp³-hybridized carbons (Fsp3) is 0.0500. The fourth-order valence-electron chi connectivity index (χ4n) is 2.78. The quantitative estimate of drug-likeness (QED) is 0.190. The topological polar surface area (TPSA) is 101 Å². The molecule has 0 saturated carbocycles. The molecule has 31 heavy (non-hydrogen) atoms. The molecule has 2 aromatic carbocycles. The van der Waals surface area contributed by atoms with Crippen LogP contribution in [0.2, 0.25) is 0 Å². The molecule has 4 rings (SSSR count). The Kier molecular flexibility index (Phi) is 5.78. The molecule has 0 radical (unpaired) electrons. The number of halogens is 3. The Balaban J connectivity index is 1.65. The predicted octanol–water partition coefficient (Wildman–Crippen LogP) is 4.90. The molecule has 11 heteroatoms. The van der Waals surface area contributed by atoms with Gasteiger partial charge < -0.3 is 15.5 Å². The van der Waals surface area contributed by atoms with Crippen molar-refractivity contribution in [3.05, 3.63) is 71.8 Å². The second kappa shape index (κ2) is 8.66. The molecule has 0 aliphatic rings. The molecule has 4 aromatic rings. The summed E-state index contributed by atoms with van der Waals surface area (Å²) in [7, 11) is 0. The van der Waals surface area contributed by atoms with Crippen LogP contribution in [0, 0.1) is 24.4 Å². The zero-order valence-electron chi connectivity index (χ0n) is 16.1. The molecule has 7 nitrogen and oxygen atoms in total. The molecule has 0 unspecified atom stereocenters. The zero-order chi connectivity index (χ0) is 22.0. The molecule has 158 valence electrons. The SMILES string of the molecule is Cc1c(F)cccc1SNc1ccc(F)c(Nc2ncnc3ccc(NN)nc23)c1F. The van der Waals surface area contributed by atoms with E-state index in [2.05, 4.69) is 30.4 Å². The van der Waals surface area contributed by atoms with Crippen molar-refractivity contribution in [2.24, 2.45) is 5.84 Å². The summed E-state index contributed by atoms with van der Waals surface area (Å²) in [5.74, 6) is 3.75. The second-order valence-corrected chi connectivity index (χ2v) is 7.25. The van der Waals surface area contributed by atoms with Crippen molar-refractivity contribution < 1.29 is 13.2 Å². The molecule has 2 heterocycles. The van der Waals surface area contributed by atoms with E-state index in [-0.39, 0.29) is 22.8 Å². The van der Waals surface area contributed by atoms with Crippen LogP contribution >= 0.6 is 11.9 Å². The first-order chi connectivity index (χ1) is 15.0. The minimum absolute atomic E-state index is 0.00759. The highest BCUT2D eigenvalue weighted by atomic mass is 32.2. The summed E-state index contributed by atoms with van der Waals surface area (Å²) >= 11 is 1.02. The summed E-state index contributed by atoms with van der Waals surface area (Å²) in [6.07, 6.45) is 1.25. The largest absolute Gasteiger partial charge is 0.333 e. The van der Waals surface area contributed by atoms with Crippen molar-refractivity contribution >= 4 is 46.0 Å². The molecule has 0 saturated heterocycles. The van der Waals surface area contributed by atoms with E-state index in [1.54, 1.807) is 31.2 Å². The van der Waals surface area contributed by atoms with Gasteiger partial charge in [-0.05, 0) is 55.3 Å². The predicted molar refractivity (Wildman–Crippen MR) is 115 cm³/mol. The van der Waals surface area contributed by atoms with Crippen LogP contribution in [0.25, 0.3) is 11.0 Å². The van der Waals surface area contributed by atoms with Gasteiger partial charge in [-0.25, -0.2) is 34.0 Å². The Morgan fingerprint density at radius 3 is 2.61 bits per heavy atom. The summed E-state index contributed by atoms with van der Waals surface area (Å²) in [5.41, 5.74) is 3.15. The van der Waals surface area contributed by atoms with Crippen LogP contribution in [0.3, 0.4) is 0 Å². The molecular weight excluding hydrogens is 427 g/mol. The van der Waals surface area contributed by atoms with Crippen molar-refractivity contribution in [1.82, 2.24) is 15.0 Å². The van der Waals surface area contributed by atoms with Gasteiger partial charge in [0.25, 0.3) is 0 Å². The third kappa shape index (κ3) is 4.18. The average molecular weight is 443 g/mol. The van der Waals surface area contributed by atoms with Crippen LogP contribution < -0.4 is 21.3 Å². The molecule has 0 bridgehead atoms. The van der Waals surface area contributed by atoms with E-state index in [1.165, 1.54) is 18.5 Å². The number of hydrogen-bond acceptors (Lipinski definition) is 8. The van der Waals surface area contributed by atoms with Crippen molar-refractivity contribution in [2.45, 2.75) is 11.8 Å². The second-order valence-electron chi connectivity index (χ2n) is 6.41. The lowest BCUT2D eigenvalue weighted by Crippen LogP contribution is -2.09. The molecule has 2 aromatic heterocycles. The maximum absolute atomic E-state index is 15.1. The number of pyridine rings is 1. The Morgan fingerprint density at radius 1 is 0.968 bits per heavy atom. The van der Waals surface area contributed by atoms with Crippen molar-refractivity contribution in [3.8, 4) is 0 Å². The van der Waals surface area contributed by atoms with Gasteiger partial charge >= 0.3 is 0 Å². The van der Waals surface area contributed by atoms with E-state index in [9.17, 15) is 8.78 Å². The number of hydrazine groups is 1. The Hall–Kier alpha value is -3.57. The van der Waals surface area contributed by atoms with Crippen LogP contribution in [0.4, 0.5) is 36.2 Å². The maximum Gasteiger partial charge on any atom is 0.173 e. The Labute approximate surface area is 179 Å². The van der Waals surface area contributed by atoms with Crippen LogP contribution in [0.5, 0.6) is 0 Å².